The van der Waals surface area contributed by atoms with E-state index in [0.29, 0.717) is 28.6 Å². The van der Waals surface area contributed by atoms with Gasteiger partial charge in [0.25, 0.3) is 0 Å². The van der Waals surface area contributed by atoms with Gasteiger partial charge in [-0.05, 0) is 84.1 Å². The van der Waals surface area contributed by atoms with E-state index in [1.165, 1.54) is 12.1 Å². The molecule has 0 saturated carbocycles. The summed E-state index contributed by atoms with van der Waals surface area (Å²) in [5, 5.41) is 12.2. The van der Waals surface area contributed by atoms with E-state index in [1.54, 1.807) is 30.5 Å². The molecule has 0 unspecified atom stereocenters. The number of halogens is 2. The van der Waals surface area contributed by atoms with Gasteiger partial charge in [0.1, 0.15) is 17.4 Å². The maximum Gasteiger partial charge on any atom is 0.417 e. The minimum absolute atomic E-state index is 0.331. The molecule has 3 aromatic carbocycles. The first-order chi connectivity index (χ1) is 19.9. The van der Waals surface area contributed by atoms with Gasteiger partial charge in [-0.15, -0.1) is 0 Å². The second kappa shape index (κ2) is 12.8. The Bertz CT molecular complexity index is 1570. The largest absolute Gasteiger partial charge is 0.417 e. The number of anilines is 2. The highest BCUT2D eigenvalue weighted by molar-refractivity contribution is 6.31. The topological polar surface area (TPSA) is 81.5 Å². The highest BCUT2D eigenvalue weighted by atomic mass is 35.5. The summed E-state index contributed by atoms with van der Waals surface area (Å²) >= 11 is 6.22. The van der Waals surface area contributed by atoms with Crippen LogP contribution in [0.1, 0.15) is 23.1 Å². The summed E-state index contributed by atoms with van der Waals surface area (Å²) in [5.74, 6) is 0.909. The molecule has 9 heteroatoms. The Kier molecular flexibility index (Phi) is 8.78. The lowest BCUT2D eigenvalue weighted by molar-refractivity contribution is 0.215. The minimum Gasteiger partial charge on any atom is -0.410 e. The van der Waals surface area contributed by atoms with E-state index in [1.807, 2.05) is 43.3 Å². The summed E-state index contributed by atoms with van der Waals surface area (Å²) in [4.78, 5) is 21.7. The summed E-state index contributed by atoms with van der Waals surface area (Å²) in [6, 6.07) is 23.1. The van der Waals surface area contributed by atoms with Gasteiger partial charge < -0.3 is 9.64 Å². The fraction of sp³-hybridized carbons (Fsp3) is 0.219. The number of nitriles is 1. The van der Waals surface area contributed by atoms with Crippen LogP contribution < -0.4 is 15.0 Å². The average Bonchev–Trinajstić information content (AvgIpc) is 3.21. The molecule has 7 nitrogen and oxygen atoms in total. The second-order valence-electron chi connectivity index (χ2n) is 9.94. The van der Waals surface area contributed by atoms with Crippen molar-refractivity contribution in [3.63, 3.8) is 0 Å². The van der Waals surface area contributed by atoms with Crippen molar-refractivity contribution >= 4 is 29.2 Å². The molecule has 1 aromatic heterocycles. The third-order valence-electron chi connectivity index (χ3n) is 7.06. The molecule has 1 amide bonds. The zero-order chi connectivity index (χ0) is 28.8. The van der Waals surface area contributed by atoms with Crippen LogP contribution in [0.2, 0.25) is 5.02 Å². The number of nitrogens with one attached hydrogen (secondary N) is 1. The predicted octanol–water partition coefficient (Wildman–Crippen LogP) is 7.04. The Labute approximate surface area is 243 Å². The van der Waals surface area contributed by atoms with Crippen molar-refractivity contribution in [3.05, 3.63) is 107 Å². The fourth-order valence-corrected chi connectivity index (χ4v) is 5.07. The molecule has 1 aliphatic rings. The lowest BCUT2D eigenvalue weighted by Crippen LogP contribution is -2.31. The quantitative estimate of drug-likeness (QED) is 0.268. The molecular formula is C32H29ClFN5O2. The summed E-state index contributed by atoms with van der Waals surface area (Å²) in [6.45, 7) is 6.01. The average molecular weight is 570 g/mol. The van der Waals surface area contributed by atoms with Gasteiger partial charge in [-0.1, -0.05) is 35.9 Å². The number of aryl methyl sites for hydroxylation is 1. The van der Waals surface area contributed by atoms with Crippen molar-refractivity contribution in [1.82, 2.24) is 9.88 Å². The SMILES string of the molecule is Cc1ccc(OC(=O)Nc2ccc(N3CCCN(Cc4ccc(F)cc4Cl)CC3)nc2)cc1-c1ccc(C#N)cc1. The van der Waals surface area contributed by atoms with Crippen molar-refractivity contribution in [2.45, 2.75) is 19.9 Å². The zero-order valence-corrected chi connectivity index (χ0v) is 23.4. The first kappa shape index (κ1) is 28.1. The number of carbonyl (C=O) groups is 1. The number of benzene rings is 3. The Balaban J connectivity index is 1.16. The normalized spacial score (nSPS) is 13.8. The molecule has 1 N–H and O–H groups in total. The first-order valence-corrected chi connectivity index (χ1v) is 13.7. The van der Waals surface area contributed by atoms with Crippen LogP contribution in [-0.2, 0) is 6.54 Å². The van der Waals surface area contributed by atoms with Gasteiger partial charge in [0.2, 0.25) is 0 Å². The van der Waals surface area contributed by atoms with Gasteiger partial charge >= 0.3 is 6.09 Å². The monoisotopic (exact) mass is 569 g/mol. The predicted molar refractivity (Wildman–Crippen MR) is 159 cm³/mol. The smallest absolute Gasteiger partial charge is 0.410 e. The van der Waals surface area contributed by atoms with Crippen LogP contribution >= 0.6 is 11.6 Å². The number of pyridine rings is 1. The molecule has 1 fully saturated rings. The van der Waals surface area contributed by atoms with E-state index in [4.69, 9.17) is 21.6 Å². The van der Waals surface area contributed by atoms with Crippen LogP contribution in [0.25, 0.3) is 11.1 Å². The van der Waals surface area contributed by atoms with E-state index in [0.717, 1.165) is 60.7 Å². The number of ether oxygens (including phenoxy) is 1. The number of rotatable bonds is 6. The van der Waals surface area contributed by atoms with Crippen LogP contribution in [0.3, 0.4) is 0 Å². The molecule has 2 heterocycles. The maximum atomic E-state index is 13.4. The van der Waals surface area contributed by atoms with Crippen LogP contribution in [0.4, 0.5) is 20.7 Å². The third kappa shape index (κ3) is 7.20. The van der Waals surface area contributed by atoms with E-state index >= 15 is 0 Å². The van der Waals surface area contributed by atoms with Crippen molar-refractivity contribution in [2.75, 3.05) is 36.4 Å². The number of amides is 1. The van der Waals surface area contributed by atoms with Crippen molar-refractivity contribution in [2.24, 2.45) is 0 Å². The Morgan fingerprint density at radius 3 is 2.61 bits per heavy atom. The number of aromatic nitrogens is 1. The minimum atomic E-state index is -0.612. The molecule has 208 valence electrons. The van der Waals surface area contributed by atoms with Crippen molar-refractivity contribution < 1.29 is 13.9 Å². The van der Waals surface area contributed by atoms with Gasteiger partial charge in [0.15, 0.2) is 0 Å². The molecule has 0 spiro atoms. The van der Waals surface area contributed by atoms with Gasteiger partial charge in [0, 0.05) is 37.7 Å². The standard InChI is InChI=1S/C32H29ClFN5O2/c1-22-3-11-28(18-29(22)24-6-4-23(19-35)5-7-24)41-32(40)37-27-10-12-31(36-20-27)39-14-2-13-38(15-16-39)21-25-8-9-26(34)17-30(25)33/h3-12,17-18,20H,2,13-16,21H2,1H3,(H,37,40). The molecule has 1 aliphatic heterocycles. The molecule has 0 aliphatic carbocycles. The highest BCUT2D eigenvalue weighted by Crippen LogP contribution is 2.28. The lowest BCUT2D eigenvalue weighted by atomic mass is 9.99. The summed E-state index contributed by atoms with van der Waals surface area (Å²) in [5.41, 5.74) is 4.91. The third-order valence-corrected chi connectivity index (χ3v) is 7.41. The molecule has 5 rings (SSSR count). The Morgan fingerprint density at radius 1 is 1.05 bits per heavy atom. The van der Waals surface area contributed by atoms with Crippen molar-refractivity contribution in [3.8, 4) is 22.9 Å². The van der Waals surface area contributed by atoms with E-state index in [2.05, 4.69) is 26.2 Å². The summed E-state index contributed by atoms with van der Waals surface area (Å²) in [6.07, 6.45) is 1.96. The zero-order valence-electron chi connectivity index (χ0n) is 22.6. The number of carbonyl (C=O) groups excluding carboxylic acids is 1. The van der Waals surface area contributed by atoms with E-state index in [-0.39, 0.29) is 5.82 Å². The molecule has 0 bridgehead atoms. The van der Waals surface area contributed by atoms with Crippen molar-refractivity contribution in [1.29, 1.82) is 5.26 Å². The molecule has 1 saturated heterocycles. The molecule has 0 atom stereocenters. The highest BCUT2D eigenvalue weighted by Gasteiger charge is 2.18. The fourth-order valence-electron chi connectivity index (χ4n) is 4.85. The summed E-state index contributed by atoms with van der Waals surface area (Å²) < 4.78 is 18.9. The lowest BCUT2D eigenvalue weighted by Gasteiger charge is -2.23. The number of hydrogen-bond acceptors (Lipinski definition) is 6. The second-order valence-corrected chi connectivity index (χ2v) is 10.3. The maximum absolute atomic E-state index is 13.4. The van der Waals surface area contributed by atoms with Crippen LogP contribution in [0, 0.1) is 24.1 Å². The van der Waals surface area contributed by atoms with Gasteiger partial charge in [-0.25, -0.2) is 14.2 Å². The van der Waals surface area contributed by atoms with E-state index in [9.17, 15) is 9.18 Å². The Hall–Kier alpha value is -4.45. The van der Waals surface area contributed by atoms with Gasteiger partial charge in [0.05, 0.1) is 23.5 Å². The Morgan fingerprint density at radius 2 is 1.88 bits per heavy atom. The first-order valence-electron chi connectivity index (χ1n) is 13.4. The van der Waals surface area contributed by atoms with E-state index < -0.39 is 6.09 Å². The molecule has 41 heavy (non-hydrogen) atoms. The van der Waals surface area contributed by atoms with Gasteiger partial charge in [-0.2, -0.15) is 5.26 Å². The molecule has 4 aromatic rings. The number of hydrogen-bond donors (Lipinski definition) is 1. The van der Waals surface area contributed by atoms with Crippen LogP contribution in [0.5, 0.6) is 5.75 Å². The van der Waals surface area contributed by atoms with Crippen LogP contribution in [-0.4, -0.2) is 42.2 Å². The van der Waals surface area contributed by atoms with Crippen LogP contribution in [0.15, 0.2) is 79.0 Å². The number of nitrogens with zero attached hydrogens (tertiary/aromatic N) is 4. The summed E-state index contributed by atoms with van der Waals surface area (Å²) in [7, 11) is 0. The molecular weight excluding hydrogens is 541 g/mol. The van der Waals surface area contributed by atoms with Gasteiger partial charge in [-0.3, -0.25) is 10.2 Å². The molecule has 0 radical (unpaired) electrons.